The molecule has 1 aliphatic rings. The van der Waals surface area contributed by atoms with E-state index in [2.05, 4.69) is 24.1 Å². The van der Waals surface area contributed by atoms with Gasteiger partial charge in [-0.3, -0.25) is 9.59 Å². The number of benzene rings is 1. The second-order valence-electron chi connectivity index (χ2n) is 7.74. The summed E-state index contributed by atoms with van der Waals surface area (Å²) in [5.41, 5.74) is 2.42. The summed E-state index contributed by atoms with van der Waals surface area (Å²) in [6.07, 6.45) is 4.63. The van der Waals surface area contributed by atoms with Crippen LogP contribution in [0, 0.1) is 0 Å². The molecule has 0 radical (unpaired) electrons. The summed E-state index contributed by atoms with van der Waals surface area (Å²) in [6.45, 7) is 8.27. The molecule has 1 atom stereocenters. The van der Waals surface area contributed by atoms with E-state index in [4.69, 9.17) is 0 Å². The van der Waals surface area contributed by atoms with Gasteiger partial charge in [0.25, 0.3) is 11.8 Å². The molecule has 2 heterocycles. The lowest BCUT2D eigenvalue weighted by Gasteiger charge is -2.22. The van der Waals surface area contributed by atoms with Crippen molar-refractivity contribution in [2.24, 2.45) is 0 Å². The third-order valence-corrected chi connectivity index (χ3v) is 5.44. The molecule has 29 heavy (non-hydrogen) atoms. The van der Waals surface area contributed by atoms with Crippen LogP contribution in [0.4, 0.5) is 0 Å². The quantitative estimate of drug-likeness (QED) is 0.734. The molecule has 156 valence electrons. The SMILES string of the molecule is CCCN(CCC)C(=O)c1nc(C(=O)NC(C)c2ccccc2)n2c1CCCC2. The fourth-order valence-electron chi connectivity index (χ4n) is 3.98. The molecule has 3 rings (SSSR count). The molecule has 6 heteroatoms. The number of imidazole rings is 1. The Labute approximate surface area is 173 Å². The summed E-state index contributed by atoms with van der Waals surface area (Å²) >= 11 is 0. The van der Waals surface area contributed by atoms with Gasteiger partial charge in [0.2, 0.25) is 0 Å². The number of nitrogens with one attached hydrogen (secondary N) is 1. The third kappa shape index (κ3) is 4.69. The first-order chi connectivity index (χ1) is 14.1. The van der Waals surface area contributed by atoms with Crippen LogP contribution in [-0.2, 0) is 13.0 Å². The normalized spacial score (nSPS) is 14.2. The first-order valence-electron chi connectivity index (χ1n) is 10.8. The predicted octanol–water partition coefficient (Wildman–Crippen LogP) is 3.97. The lowest BCUT2D eigenvalue weighted by atomic mass is 10.1. The molecule has 0 fully saturated rings. The average molecular weight is 397 g/mol. The van der Waals surface area contributed by atoms with Gasteiger partial charge < -0.3 is 14.8 Å². The van der Waals surface area contributed by atoms with Crippen molar-refractivity contribution >= 4 is 11.8 Å². The zero-order valence-corrected chi connectivity index (χ0v) is 17.8. The smallest absolute Gasteiger partial charge is 0.287 e. The first-order valence-corrected chi connectivity index (χ1v) is 10.8. The van der Waals surface area contributed by atoms with Crippen LogP contribution in [0.3, 0.4) is 0 Å². The van der Waals surface area contributed by atoms with Gasteiger partial charge in [0.05, 0.1) is 11.7 Å². The Morgan fingerprint density at radius 2 is 1.83 bits per heavy atom. The van der Waals surface area contributed by atoms with Crippen molar-refractivity contribution in [3.63, 3.8) is 0 Å². The van der Waals surface area contributed by atoms with Crippen LogP contribution in [0.1, 0.15) is 84.9 Å². The lowest BCUT2D eigenvalue weighted by Crippen LogP contribution is -2.33. The third-order valence-electron chi connectivity index (χ3n) is 5.44. The molecule has 2 aromatic rings. The molecular formula is C23H32N4O2. The highest BCUT2D eigenvalue weighted by molar-refractivity contribution is 5.97. The molecule has 1 N–H and O–H groups in total. The number of amides is 2. The Kier molecular flexibility index (Phi) is 7.07. The number of carbonyl (C=O) groups excluding carboxylic acids is 2. The van der Waals surface area contributed by atoms with Crippen molar-refractivity contribution in [1.29, 1.82) is 0 Å². The van der Waals surface area contributed by atoms with Crippen molar-refractivity contribution in [3.8, 4) is 0 Å². The number of carbonyl (C=O) groups is 2. The molecule has 1 unspecified atom stereocenters. The second kappa shape index (κ2) is 9.72. The number of hydrogen-bond acceptors (Lipinski definition) is 3. The monoisotopic (exact) mass is 396 g/mol. The molecular weight excluding hydrogens is 364 g/mol. The number of aromatic nitrogens is 2. The van der Waals surface area contributed by atoms with Crippen molar-refractivity contribution in [2.75, 3.05) is 13.1 Å². The van der Waals surface area contributed by atoms with Crippen molar-refractivity contribution in [3.05, 3.63) is 53.1 Å². The summed E-state index contributed by atoms with van der Waals surface area (Å²) < 4.78 is 1.96. The molecule has 0 spiro atoms. The molecule has 1 aromatic heterocycles. The van der Waals surface area contributed by atoms with E-state index in [9.17, 15) is 9.59 Å². The van der Waals surface area contributed by atoms with Gasteiger partial charge in [-0.15, -0.1) is 0 Å². The zero-order chi connectivity index (χ0) is 20.8. The summed E-state index contributed by atoms with van der Waals surface area (Å²) in [5, 5.41) is 3.05. The van der Waals surface area contributed by atoms with Gasteiger partial charge in [-0.2, -0.15) is 0 Å². The Morgan fingerprint density at radius 1 is 1.14 bits per heavy atom. The van der Waals surface area contributed by atoms with Crippen molar-refractivity contribution in [1.82, 2.24) is 19.8 Å². The highest BCUT2D eigenvalue weighted by Gasteiger charge is 2.30. The Morgan fingerprint density at radius 3 is 2.48 bits per heavy atom. The Balaban J connectivity index is 1.88. The molecule has 1 aliphatic heterocycles. The van der Waals surface area contributed by atoms with Gasteiger partial charge in [0, 0.05) is 19.6 Å². The number of rotatable bonds is 8. The summed E-state index contributed by atoms with van der Waals surface area (Å²) in [5.74, 6) is 0.0920. The maximum absolute atomic E-state index is 13.2. The van der Waals surface area contributed by atoms with E-state index in [1.807, 2.05) is 46.7 Å². The van der Waals surface area contributed by atoms with E-state index in [-0.39, 0.29) is 17.9 Å². The van der Waals surface area contributed by atoms with Crippen molar-refractivity contribution < 1.29 is 9.59 Å². The van der Waals surface area contributed by atoms with Crippen LogP contribution in [0.15, 0.2) is 30.3 Å². The highest BCUT2D eigenvalue weighted by Crippen LogP contribution is 2.23. The second-order valence-corrected chi connectivity index (χ2v) is 7.74. The molecule has 0 aliphatic carbocycles. The molecule has 0 bridgehead atoms. The standard InChI is InChI=1S/C23H32N4O2/c1-4-14-26(15-5-2)23(29)20-19-13-9-10-16-27(19)21(25-20)22(28)24-17(3)18-11-7-6-8-12-18/h6-8,11-12,17H,4-5,9-10,13-16H2,1-3H3,(H,24,28). The number of nitrogens with zero attached hydrogens (tertiary/aromatic N) is 3. The van der Waals surface area contributed by atoms with Gasteiger partial charge in [-0.1, -0.05) is 44.2 Å². The molecule has 2 amide bonds. The molecule has 1 aromatic carbocycles. The van der Waals surface area contributed by atoms with Crippen LogP contribution in [0.5, 0.6) is 0 Å². The van der Waals surface area contributed by atoms with Gasteiger partial charge in [-0.25, -0.2) is 4.98 Å². The predicted molar refractivity (Wildman–Crippen MR) is 114 cm³/mol. The number of fused-ring (bicyclic) bond motifs is 1. The molecule has 0 saturated carbocycles. The fraction of sp³-hybridized carbons (Fsp3) is 0.522. The molecule has 6 nitrogen and oxygen atoms in total. The lowest BCUT2D eigenvalue weighted by molar-refractivity contribution is 0.0748. The van der Waals surface area contributed by atoms with Gasteiger partial charge in [0.15, 0.2) is 5.82 Å². The Bertz CT molecular complexity index is 838. The van der Waals surface area contributed by atoms with E-state index in [1.165, 1.54) is 0 Å². The maximum atomic E-state index is 13.2. The highest BCUT2D eigenvalue weighted by atomic mass is 16.2. The van der Waals surface area contributed by atoms with E-state index in [1.54, 1.807) is 0 Å². The average Bonchev–Trinajstić information content (AvgIpc) is 3.13. The van der Waals surface area contributed by atoms with Crippen LogP contribution < -0.4 is 5.32 Å². The maximum Gasteiger partial charge on any atom is 0.287 e. The largest absolute Gasteiger partial charge is 0.343 e. The molecule has 0 saturated heterocycles. The van der Waals surface area contributed by atoms with E-state index >= 15 is 0 Å². The summed E-state index contributed by atoms with van der Waals surface area (Å²) in [4.78, 5) is 32.7. The minimum Gasteiger partial charge on any atom is -0.343 e. The van der Waals surface area contributed by atoms with Crippen molar-refractivity contribution in [2.45, 2.75) is 65.5 Å². The van der Waals surface area contributed by atoms with Gasteiger partial charge >= 0.3 is 0 Å². The van der Waals surface area contributed by atoms with E-state index < -0.39 is 0 Å². The van der Waals surface area contributed by atoms with Gasteiger partial charge in [0.1, 0.15) is 5.69 Å². The van der Waals surface area contributed by atoms with Crippen LogP contribution in [0.2, 0.25) is 0 Å². The van der Waals surface area contributed by atoms with Crippen LogP contribution >= 0.6 is 0 Å². The van der Waals surface area contributed by atoms with Gasteiger partial charge in [-0.05, 0) is 44.6 Å². The number of hydrogen-bond donors (Lipinski definition) is 1. The van der Waals surface area contributed by atoms with E-state index in [0.717, 1.165) is 49.9 Å². The summed E-state index contributed by atoms with van der Waals surface area (Å²) in [6, 6.07) is 9.74. The minimum atomic E-state index is -0.221. The zero-order valence-electron chi connectivity index (χ0n) is 17.8. The van der Waals surface area contributed by atoms with Crippen LogP contribution in [0.25, 0.3) is 0 Å². The minimum absolute atomic E-state index is 0.0468. The fourth-order valence-corrected chi connectivity index (χ4v) is 3.98. The first kappa shape index (κ1) is 21.1. The topological polar surface area (TPSA) is 67.2 Å². The van der Waals surface area contributed by atoms with E-state index in [0.29, 0.717) is 24.6 Å². The Hall–Kier alpha value is -2.63. The summed E-state index contributed by atoms with van der Waals surface area (Å²) in [7, 11) is 0. The van der Waals surface area contributed by atoms with Crippen LogP contribution in [-0.4, -0.2) is 39.4 Å².